The van der Waals surface area contributed by atoms with Crippen LogP contribution in [0.25, 0.3) is 0 Å². The van der Waals surface area contributed by atoms with E-state index >= 15 is 0 Å². The van der Waals surface area contributed by atoms with Crippen LogP contribution in [0.15, 0.2) is 0 Å². The second-order valence-corrected chi connectivity index (χ2v) is 6.59. The lowest BCUT2D eigenvalue weighted by atomic mass is 9.79. The lowest BCUT2D eigenvalue weighted by Gasteiger charge is -2.43. The molecule has 0 bridgehead atoms. The second-order valence-electron chi connectivity index (χ2n) is 6.59. The van der Waals surface area contributed by atoms with Crippen LogP contribution in [0.5, 0.6) is 0 Å². The van der Waals surface area contributed by atoms with Crippen molar-refractivity contribution in [1.82, 2.24) is 0 Å². The fourth-order valence-corrected chi connectivity index (χ4v) is 2.87. The summed E-state index contributed by atoms with van der Waals surface area (Å²) in [6.07, 6.45) is 2.14. The molecule has 1 saturated heterocycles. The third-order valence-corrected chi connectivity index (χ3v) is 4.55. The maximum absolute atomic E-state index is 12.4. The van der Waals surface area contributed by atoms with Crippen molar-refractivity contribution in [3.8, 4) is 0 Å². The van der Waals surface area contributed by atoms with Crippen LogP contribution in [0, 0.1) is 5.92 Å². The molecule has 1 unspecified atom stereocenters. The van der Waals surface area contributed by atoms with Gasteiger partial charge in [-0.1, -0.05) is 46.0 Å². The standard InChI is InChI=1S/C16H31NO5/c1-3-4-5-6-7-11(2)8-13(19)16(17)10-22-12(9-18)14(20)15(16)21/h11-12,14-15,18,20-21H,3-10,17H2,1-2H3/t11?,12-,14-,15+,16-/m1/s1. The Morgan fingerprint density at radius 2 is 2.05 bits per heavy atom. The quantitative estimate of drug-likeness (QED) is 0.457. The monoisotopic (exact) mass is 317 g/mol. The maximum Gasteiger partial charge on any atom is 0.158 e. The third-order valence-electron chi connectivity index (χ3n) is 4.55. The minimum Gasteiger partial charge on any atom is -0.394 e. The van der Waals surface area contributed by atoms with Crippen molar-refractivity contribution >= 4 is 5.78 Å². The van der Waals surface area contributed by atoms with Crippen LogP contribution in [-0.2, 0) is 9.53 Å². The van der Waals surface area contributed by atoms with E-state index in [9.17, 15) is 15.0 Å². The first-order chi connectivity index (χ1) is 10.4. The molecule has 0 radical (unpaired) electrons. The molecule has 0 aliphatic carbocycles. The molecule has 1 heterocycles. The fraction of sp³-hybridized carbons (Fsp3) is 0.938. The molecule has 0 amide bonds. The van der Waals surface area contributed by atoms with Crippen molar-refractivity contribution in [2.75, 3.05) is 13.2 Å². The summed E-state index contributed by atoms with van der Waals surface area (Å²) < 4.78 is 5.24. The van der Waals surface area contributed by atoms with E-state index < -0.39 is 30.5 Å². The van der Waals surface area contributed by atoms with Crippen LogP contribution in [0.1, 0.15) is 52.4 Å². The third kappa shape index (κ3) is 4.73. The van der Waals surface area contributed by atoms with Crippen molar-refractivity contribution in [2.24, 2.45) is 11.7 Å². The summed E-state index contributed by atoms with van der Waals surface area (Å²) in [7, 11) is 0. The van der Waals surface area contributed by atoms with E-state index in [1.807, 2.05) is 6.92 Å². The Bertz CT molecular complexity index is 351. The number of aliphatic hydroxyl groups is 3. The highest BCUT2D eigenvalue weighted by Crippen LogP contribution is 2.26. The van der Waals surface area contributed by atoms with Gasteiger partial charge in [-0.3, -0.25) is 4.79 Å². The first-order valence-corrected chi connectivity index (χ1v) is 8.27. The van der Waals surface area contributed by atoms with E-state index in [1.165, 1.54) is 12.8 Å². The van der Waals surface area contributed by atoms with Gasteiger partial charge in [0.15, 0.2) is 5.78 Å². The smallest absolute Gasteiger partial charge is 0.158 e. The molecule has 5 N–H and O–H groups in total. The molecule has 5 atom stereocenters. The lowest BCUT2D eigenvalue weighted by molar-refractivity contribution is -0.187. The molecule has 0 aromatic heterocycles. The minimum atomic E-state index is -1.59. The molecular weight excluding hydrogens is 286 g/mol. The van der Waals surface area contributed by atoms with Gasteiger partial charge in [0, 0.05) is 6.42 Å². The topological polar surface area (TPSA) is 113 Å². The summed E-state index contributed by atoms with van der Waals surface area (Å²) in [5.41, 5.74) is 4.42. The molecule has 0 aromatic carbocycles. The van der Waals surface area contributed by atoms with Gasteiger partial charge in [-0.25, -0.2) is 0 Å². The van der Waals surface area contributed by atoms with Crippen LogP contribution < -0.4 is 5.73 Å². The molecule has 6 nitrogen and oxygen atoms in total. The summed E-state index contributed by atoms with van der Waals surface area (Å²) >= 11 is 0. The van der Waals surface area contributed by atoms with Crippen molar-refractivity contribution in [2.45, 2.75) is 76.2 Å². The normalized spacial score (nSPS) is 33.6. The van der Waals surface area contributed by atoms with Gasteiger partial charge in [0.1, 0.15) is 23.9 Å². The second kappa shape index (κ2) is 8.93. The summed E-state index contributed by atoms with van der Waals surface area (Å²) in [4.78, 5) is 12.4. The Balaban J connectivity index is 2.52. The fourth-order valence-electron chi connectivity index (χ4n) is 2.87. The van der Waals surface area contributed by atoms with Gasteiger partial charge in [-0.05, 0) is 5.92 Å². The number of rotatable bonds is 9. The van der Waals surface area contributed by atoms with E-state index in [4.69, 9.17) is 15.6 Å². The number of hydrogen-bond acceptors (Lipinski definition) is 6. The lowest BCUT2D eigenvalue weighted by Crippen LogP contribution is -2.70. The Kier molecular flexibility index (Phi) is 7.93. The maximum atomic E-state index is 12.4. The molecule has 1 aliphatic rings. The molecule has 0 aromatic rings. The predicted octanol–water partition coefficient (Wildman–Crippen LogP) is 0.363. The number of ketones is 1. The Morgan fingerprint density at radius 1 is 1.36 bits per heavy atom. The predicted molar refractivity (Wildman–Crippen MR) is 83.3 cm³/mol. The number of nitrogens with two attached hydrogens (primary N) is 1. The largest absolute Gasteiger partial charge is 0.394 e. The van der Waals surface area contributed by atoms with E-state index in [2.05, 4.69) is 6.92 Å². The molecule has 0 spiro atoms. The van der Waals surface area contributed by atoms with Gasteiger partial charge >= 0.3 is 0 Å². The number of hydrogen-bond donors (Lipinski definition) is 4. The zero-order valence-corrected chi connectivity index (χ0v) is 13.7. The van der Waals surface area contributed by atoms with Crippen molar-refractivity contribution in [3.63, 3.8) is 0 Å². The van der Waals surface area contributed by atoms with Crippen LogP contribution in [0.2, 0.25) is 0 Å². The summed E-state index contributed by atoms with van der Waals surface area (Å²) in [6.45, 7) is 3.55. The number of ether oxygens (including phenoxy) is 1. The number of carbonyl (C=O) groups excluding carboxylic acids is 1. The van der Waals surface area contributed by atoms with Crippen molar-refractivity contribution in [1.29, 1.82) is 0 Å². The molecule has 1 aliphatic heterocycles. The SMILES string of the molecule is CCCCCCC(C)CC(=O)[C@]1(N)CO[C@H](CO)[C@@H](O)[C@@H]1O. The highest BCUT2D eigenvalue weighted by Gasteiger charge is 2.51. The van der Waals surface area contributed by atoms with E-state index in [-0.39, 0.29) is 24.7 Å². The molecule has 1 fully saturated rings. The Hall–Kier alpha value is -0.530. The molecule has 22 heavy (non-hydrogen) atoms. The Labute approximate surface area is 132 Å². The van der Waals surface area contributed by atoms with Crippen LogP contribution in [0.4, 0.5) is 0 Å². The number of carbonyl (C=O) groups is 1. The van der Waals surface area contributed by atoms with E-state index in [0.717, 1.165) is 19.3 Å². The van der Waals surface area contributed by atoms with Gasteiger partial charge in [0.2, 0.25) is 0 Å². The molecular formula is C16H31NO5. The number of aliphatic hydroxyl groups excluding tert-OH is 3. The minimum absolute atomic E-state index is 0.183. The average molecular weight is 317 g/mol. The van der Waals surface area contributed by atoms with Crippen LogP contribution in [-0.4, -0.2) is 58.2 Å². The first-order valence-electron chi connectivity index (χ1n) is 8.27. The summed E-state index contributed by atoms with van der Waals surface area (Å²) in [6, 6.07) is 0. The van der Waals surface area contributed by atoms with Crippen molar-refractivity contribution in [3.05, 3.63) is 0 Å². The molecule has 0 saturated carbocycles. The molecule has 130 valence electrons. The zero-order valence-electron chi connectivity index (χ0n) is 13.7. The molecule has 6 heteroatoms. The highest BCUT2D eigenvalue weighted by atomic mass is 16.5. The summed E-state index contributed by atoms with van der Waals surface area (Å²) in [5, 5.41) is 29.1. The number of unbranched alkanes of at least 4 members (excludes halogenated alkanes) is 3. The van der Waals surface area contributed by atoms with Crippen LogP contribution >= 0.6 is 0 Å². The van der Waals surface area contributed by atoms with Crippen LogP contribution in [0.3, 0.4) is 0 Å². The highest BCUT2D eigenvalue weighted by molar-refractivity contribution is 5.89. The van der Waals surface area contributed by atoms with Gasteiger partial charge in [-0.2, -0.15) is 0 Å². The zero-order chi connectivity index (χ0) is 16.8. The van der Waals surface area contributed by atoms with Crippen molar-refractivity contribution < 1.29 is 24.9 Å². The summed E-state index contributed by atoms with van der Waals surface area (Å²) in [5.74, 6) is -0.108. The van der Waals surface area contributed by atoms with E-state index in [0.29, 0.717) is 0 Å². The first kappa shape index (κ1) is 19.5. The Morgan fingerprint density at radius 3 is 2.64 bits per heavy atom. The van der Waals surface area contributed by atoms with Gasteiger partial charge < -0.3 is 25.8 Å². The molecule has 1 rings (SSSR count). The van der Waals surface area contributed by atoms with Gasteiger partial charge in [0.05, 0.1) is 13.2 Å². The average Bonchev–Trinajstić information content (AvgIpc) is 2.49. The van der Waals surface area contributed by atoms with Gasteiger partial charge in [-0.15, -0.1) is 0 Å². The van der Waals surface area contributed by atoms with E-state index in [1.54, 1.807) is 0 Å². The van der Waals surface area contributed by atoms with Gasteiger partial charge in [0.25, 0.3) is 0 Å². The number of Topliss-reactive ketones (excluding diaryl/α,β-unsaturated/α-hetero) is 1.